The quantitative estimate of drug-likeness (QED) is 0.266. The number of nitrogens with one attached hydrogen (secondary N) is 3. The second-order valence-electron chi connectivity index (χ2n) is 7.77. The number of para-hydroxylation sites is 1. The molecule has 3 heterocycles. The number of H-pyrrole nitrogens is 1. The fourth-order valence-corrected chi connectivity index (χ4v) is 5.43. The number of aromatic amines is 1. The fraction of sp³-hybridized carbons (Fsp3) is 0.476. The average Bonchev–Trinajstić information content (AvgIpc) is 3.40. The first-order chi connectivity index (χ1) is 14.8. The predicted octanol–water partition coefficient (Wildman–Crippen LogP) is 1.92. The Morgan fingerprint density at radius 3 is 2.71 bits per heavy atom. The molecule has 10 heteroatoms. The molecule has 0 spiro atoms. The number of urea groups is 1. The summed E-state index contributed by atoms with van der Waals surface area (Å²) in [5.41, 5.74) is 7.43. The van der Waals surface area contributed by atoms with E-state index in [1.165, 1.54) is 0 Å². The van der Waals surface area contributed by atoms with E-state index in [-0.39, 0.29) is 24.5 Å². The number of aromatic nitrogens is 1. The van der Waals surface area contributed by atoms with Crippen LogP contribution in [0.25, 0.3) is 10.9 Å². The van der Waals surface area contributed by atoms with Gasteiger partial charge >= 0.3 is 18.0 Å². The van der Waals surface area contributed by atoms with Gasteiger partial charge in [0.1, 0.15) is 6.04 Å². The summed E-state index contributed by atoms with van der Waals surface area (Å²) >= 11 is 1.87. The molecule has 4 rings (SSSR count). The van der Waals surface area contributed by atoms with Crippen LogP contribution in [0.15, 0.2) is 30.5 Å². The molecule has 2 aliphatic heterocycles. The fourth-order valence-electron chi connectivity index (χ4n) is 3.89. The SMILES string of the molecule is N[C@@H](Cc1c[nH]c2ccccc12)C(=O)O.O=C(O)CCCC[C@@H]1SC[C@@H]2NC(=O)N[C@@H]21. The van der Waals surface area contributed by atoms with Crippen LogP contribution >= 0.6 is 11.8 Å². The largest absolute Gasteiger partial charge is 0.481 e. The number of benzene rings is 1. The summed E-state index contributed by atoms with van der Waals surface area (Å²) in [5, 5.41) is 24.5. The number of amides is 2. The monoisotopic (exact) mass is 448 g/mol. The second-order valence-corrected chi connectivity index (χ2v) is 9.04. The van der Waals surface area contributed by atoms with Crippen molar-refractivity contribution in [1.82, 2.24) is 15.6 Å². The molecule has 2 aliphatic rings. The highest BCUT2D eigenvalue weighted by Crippen LogP contribution is 2.33. The molecule has 168 valence electrons. The summed E-state index contributed by atoms with van der Waals surface area (Å²) in [6, 6.07) is 7.35. The molecule has 2 fully saturated rings. The first-order valence-corrected chi connectivity index (χ1v) is 11.3. The van der Waals surface area contributed by atoms with E-state index in [2.05, 4.69) is 15.6 Å². The second kappa shape index (κ2) is 10.5. The minimum atomic E-state index is -0.972. The van der Waals surface area contributed by atoms with E-state index in [1.807, 2.05) is 42.2 Å². The maximum Gasteiger partial charge on any atom is 0.320 e. The van der Waals surface area contributed by atoms with E-state index in [0.717, 1.165) is 41.5 Å². The van der Waals surface area contributed by atoms with Crippen molar-refractivity contribution in [3.63, 3.8) is 0 Å². The van der Waals surface area contributed by atoms with Crippen LogP contribution in [-0.2, 0) is 16.0 Å². The highest BCUT2D eigenvalue weighted by atomic mass is 32.2. The zero-order valence-corrected chi connectivity index (χ0v) is 17.9. The molecule has 0 radical (unpaired) electrons. The summed E-state index contributed by atoms with van der Waals surface area (Å²) in [6.45, 7) is 0. The molecule has 31 heavy (non-hydrogen) atoms. The summed E-state index contributed by atoms with van der Waals surface area (Å²) < 4.78 is 0. The lowest BCUT2D eigenvalue weighted by molar-refractivity contribution is -0.139. The third-order valence-corrected chi connectivity index (χ3v) is 7.01. The smallest absolute Gasteiger partial charge is 0.320 e. The highest BCUT2D eigenvalue weighted by molar-refractivity contribution is 8.00. The molecule has 1 aromatic carbocycles. The molecule has 2 aromatic rings. The summed E-state index contributed by atoms with van der Waals surface area (Å²) in [4.78, 5) is 35.2. The van der Waals surface area contributed by atoms with Crippen LogP contribution in [0.3, 0.4) is 0 Å². The Labute approximate surface area is 184 Å². The van der Waals surface area contributed by atoms with Crippen molar-refractivity contribution < 1.29 is 24.6 Å². The molecule has 7 N–H and O–H groups in total. The average molecular weight is 449 g/mol. The van der Waals surface area contributed by atoms with Gasteiger partial charge < -0.3 is 31.6 Å². The maximum absolute atomic E-state index is 11.1. The number of carbonyl (C=O) groups is 3. The number of hydrogen-bond donors (Lipinski definition) is 6. The highest BCUT2D eigenvalue weighted by Gasteiger charge is 2.42. The summed E-state index contributed by atoms with van der Waals surface area (Å²) in [6.07, 6.45) is 5.04. The molecule has 0 aliphatic carbocycles. The topological polar surface area (TPSA) is 158 Å². The van der Waals surface area contributed by atoms with E-state index in [0.29, 0.717) is 11.7 Å². The number of carbonyl (C=O) groups excluding carboxylic acids is 1. The molecule has 1 aromatic heterocycles. The minimum Gasteiger partial charge on any atom is -0.481 e. The number of thioether (sulfide) groups is 1. The molecule has 0 bridgehead atoms. The van der Waals surface area contributed by atoms with Crippen LogP contribution in [-0.4, -0.2) is 62.3 Å². The Kier molecular flexibility index (Phi) is 7.80. The molecule has 9 nitrogen and oxygen atoms in total. The Morgan fingerprint density at radius 1 is 1.19 bits per heavy atom. The zero-order valence-electron chi connectivity index (χ0n) is 17.0. The number of rotatable bonds is 8. The van der Waals surface area contributed by atoms with Gasteiger partial charge in [-0.15, -0.1) is 0 Å². The lowest BCUT2D eigenvalue weighted by atomic mass is 10.0. The molecule has 0 unspecified atom stereocenters. The Bertz CT molecular complexity index is 933. The molecule has 0 saturated carbocycles. The first-order valence-electron chi connectivity index (χ1n) is 10.3. The van der Waals surface area contributed by atoms with Crippen LogP contribution < -0.4 is 16.4 Å². The normalized spacial score (nSPS) is 22.7. The lowest BCUT2D eigenvalue weighted by Crippen LogP contribution is -2.36. The van der Waals surface area contributed by atoms with E-state index < -0.39 is 18.0 Å². The standard InChI is InChI=1S/C11H12N2O2.C10H16N2O3S/c12-9(11(14)15)5-7-6-13-10-4-2-1-3-8(7)10;13-8(14)4-2-1-3-7-9-6(5-16-7)11-10(15)12-9/h1-4,6,9,13H,5,12H2,(H,14,15);6-7,9H,1-5H2,(H,13,14)(H2,11,12,15)/t9-;6-,7-,9-/m00/s1. The van der Waals surface area contributed by atoms with Crippen LogP contribution in [0.1, 0.15) is 31.2 Å². The zero-order chi connectivity index (χ0) is 22.4. The van der Waals surface area contributed by atoms with E-state index in [4.69, 9.17) is 15.9 Å². The van der Waals surface area contributed by atoms with E-state index >= 15 is 0 Å². The number of unbranched alkanes of at least 4 members (excludes halogenated alkanes) is 1. The van der Waals surface area contributed by atoms with Crippen molar-refractivity contribution >= 4 is 40.6 Å². The van der Waals surface area contributed by atoms with Crippen molar-refractivity contribution in [3.8, 4) is 0 Å². The Hall–Kier alpha value is -2.72. The molecular formula is C21H28N4O5S. The minimum absolute atomic E-state index is 0.0640. The van der Waals surface area contributed by atoms with Gasteiger partial charge in [-0.3, -0.25) is 9.59 Å². The maximum atomic E-state index is 11.1. The van der Waals surface area contributed by atoms with Crippen LogP contribution in [0.2, 0.25) is 0 Å². The molecular weight excluding hydrogens is 420 g/mol. The molecule has 2 amide bonds. The molecule has 4 atom stereocenters. The van der Waals surface area contributed by atoms with Gasteiger partial charge in [-0.25, -0.2) is 4.79 Å². The van der Waals surface area contributed by atoms with Crippen LogP contribution in [0.5, 0.6) is 0 Å². The van der Waals surface area contributed by atoms with Crippen LogP contribution in [0, 0.1) is 0 Å². The summed E-state index contributed by atoms with van der Waals surface area (Å²) in [7, 11) is 0. The number of carboxylic acid groups (broad SMARTS) is 2. The van der Waals surface area contributed by atoms with Crippen molar-refractivity contribution in [2.75, 3.05) is 5.75 Å². The van der Waals surface area contributed by atoms with Gasteiger partial charge in [-0.05, 0) is 24.5 Å². The number of carboxylic acids is 2. The van der Waals surface area contributed by atoms with Gasteiger partial charge in [0.25, 0.3) is 0 Å². The van der Waals surface area contributed by atoms with Crippen molar-refractivity contribution in [3.05, 3.63) is 36.0 Å². The predicted molar refractivity (Wildman–Crippen MR) is 119 cm³/mol. The Balaban J connectivity index is 0.000000176. The number of aliphatic carboxylic acids is 2. The van der Waals surface area contributed by atoms with Crippen molar-refractivity contribution in [2.24, 2.45) is 5.73 Å². The lowest BCUT2D eigenvalue weighted by Gasteiger charge is -2.16. The molecule has 2 saturated heterocycles. The van der Waals surface area contributed by atoms with E-state index in [1.54, 1.807) is 0 Å². The number of nitrogens with two attached hydrogens (primary N) is 1. The third kappa shape index (κ3) is 6.14. The van der Waals surface area contributed by atoms with Gasteiger partial charge in [0.15, 0.2) is 0 Å². The van der Waals surface area contributed by atoms with Crippen molar-refractivity contribution in [2.45, 2.75) is 55.5 Å². The summed E-state index contributed by atoms with van der Waals surface area (Å²) in [5.74, 6) is -0.736. The Morgan fingerprint density at radius 2 is 1.97 bits per heavy atom. The van der Waals surface area contributed by atoms with Gasteiger partial charge in [0.2, 0.25) is 0 Å². The number of hydrogen-bond acceptors (Lipinski definition) is 5. The van der Waals surface area contributed by atoms with Gasteiger partial charge in [0.05, 0.1) is 12.1 Å². The van der Waals surface area contributed by atoms with E-state index in [9.17, 15) is 14.4 Å². The van der Waals surface area contributed by atoms with Gasteiger partial charge in [-0.1, -0.05) is 24.6 Å². The first kappa shape index (κ1) is 23.0. The van der Waals surface area contributed by atoms with Crippen molar-refractivity contribution in [1.29, 1.82) is 0 Å². The third-order valence-electron chi connectivity index (χ3n) is 5.50. The number of fused-ring (bicyclic) bond motifs is 2. The van der Waals surface area contributed by atoms with Gasteiger partial charge in [0, 0.05) is 40.9 Å². The van der Waals surface area contributed by atoms with Gasteiger partial charge in [-0.2, -0.15) is 11.8 Å². The van der Waals surface area contributed by atoms with Crippen LogP contribution in [0.4, 0.5) is 4.79 Å².